The van der Waals surface area contributed by atoms with E-state index in [0.29, 0.717) is 5.56 Å². The van der Waals surface area contributed by atoms with Gasteiger partial charge in [-0.15, -0.1) is 0 Å². The van der Waals surface area contributed by atoms with Gasteiger partial charge < -0.3 is 14.7 Å². The van der Waals surface area contributed by atoms with Gasteiger partial charge >= 0.3 is 0 Å². The molecule has 0 unspecified atom stereocenters. The molecule has 24 heavy (non-hydrogen) atoms. The number of aryl methyl sites for hydroxylation is 1. The fourth-order valence-corrected chi connectivity index (χ4v) is 3.07. The van der Waals surface area contributed by atoms with E-state index in [1.165, 1.54) is 0 Å². The summed E-state index contributed by atoms with van der Waals surface area (Å²) >= 11 is 0. The third kappa shape index (κ3) is 2.99. The second-order valence-corrected chi connectivity index (χ2v) is 6.49. The lowest BCUT2D eigenvalue weighted by atomic mass is 10.2. The summed E-state index contributed by atoms with van der Waals surface area (Å²) in [5, 5.41) is 0. The Morgan fingerprint density at radius 3 is 2.50 bits per heavy atom. The number of pyridine rings is 1. The molecule has 0 radical (unpaired) electrons. The van der Waals surface area contributed by atoms with Crippen LogP contribution in [0.25, 0.3) is 0 Å². The summed E-state index contributed by atoms with van der Waals surface area (Å²) in [5.74, 6) is 0.746. The summed E-state index contributed by atoms with van der Waals surface area (Å²) in [6.45, 7) is 3.77. The van der Waals surface area contributed by atoms with Crippen molar-refractivity contribution in [1.29, 1.82) is 0 Å². The standard InChI is InChI=1S/C19H24N4O/c1-14-10-11-15-18(20-14)23(13-7-12-21(2)3)17-9-6-5-8-16(17)22(4)19(15)24/h5-6,8-11H,7,12-13H2,1-4H3. The molecule has 0 saturated heterocycles. The van der Waals surface area contributed by atoms with E-state index in [1.807, 2.05) is 44.3 Å². The van der Waals surface area contributed by atoms with Crippen LogP contribution < -0.4 is 9.80 Å². The zero-order chi connectivity index (χ0) is 17.3. The van der Waals surface area contributed by atoms with E-state index in [0.717, 1.165) is 42.4 Å². The van der Waals surface area contributed by atoms with Crippen molar-refractivity contribution in [2.75, 3.05) is 44.0 Å². The number of fused-ring (bicyclic) bond motifs is 2. The summed E-state index contributed by atoms with van der Waals surface area (Å²) in [6, 6.07) is 11.8. The van der Waals surface area contributed by atoms with Gasteiger partial charge in [-0.1, -0.05) is 12.1 Å². The van der Waals surface area contributed by atoms with E-state index in [2.05, 4.69) is 30.0 Å². The number of rotatable bonds is 4. The van der Waals surface area contributed by atoms with Crippen molar-refractivity contribution in [2.45, 2.75) is 13.3 Å². The van der Waals surface area contributed by atoms with Gasteiger partial charge in [0.1, 0.15) is 5.82 Å². The van der Waals surface area contributed by atoms with Crippen LogP contribution in [0.5, 0.6) is 0 Å². The van der Waals surface area contributed by atoms with Gasteiger partial charge in [-0.05, 0) is 58.3 Å². The smallest absolute Gasteiger partial charge is 0.261 e. The Balaban J connectivity index is 2.11. The van der Waals surface area contributed by atoms with Gasteiger partial charge in [0.15, 0.2) is 0 Å². The predicted octanol–water partition coefficient (Wildman–Crippen LogP) is 3.07. The minimum atomic E-state index is -0.0138. The maximum Gasteiger partial charge on any atom is 0.261 e. The van der Waals surface area contributed by atoms with E-state index in [1.54, 1.807) is 4.90 Å². The highest BCUT2D eigenvalue weighted by atomic mass is 16.2. The molecular formula is C19H24N4O. The summed E-state index contributed by atoms with van der Waals surface area (Å²) in [7, 11) is 5.97. The largest absolute Gasteiger partial charge is 0.324 e. The molecule has 2 aromatic rings. The number of hydrogen-bond donors (Lipinski definition) is 0. The normalized spacial score (nSPS) is 13.8. The van der Waals surface area contributed by atoms with Gasteiger partial charge in [-0.3, -0.25) is 4.79 Å². The lowest BCUT2D eigenvalue weighted by Crippen LogP contribution is -2.25. The van der Waals surface area contributed by atoms with Crippen LogP contribution in [-0.2, 0) is 0 Å². The summed E-state index contributed by atoms with van der Waals surface area (Å²) < 4.78 is 0. The molecule has 1 aliphatic heterocycles. The summed E-state index contributed by atoms with van der Waals surface area (Å²) in [4.78, 5) is 23.7. The predicted molar refractivity (Wildman–Crippen MR) is 98.3 cm³/mol. The zero-order valence-electron chi connectivity index (χ0n) is 14.8. The molecular weight excluding hydrogens is 300 g/mol. The van der Waals surface area contributed by atoms with Crippen molar-refractivity contribution >= 4 is 23.1 Å². The minimum absolute atomic E-state index is 0.0138. The number of anilines is 3. The molecule has 0 atom stereocenters. The van der Waals surface area contributed by atoms with Gasteiger partial charge in [0.05, 0.1) is 16.9 Å². The fourth-order valence-electron chi connectivity index (χ4n) is 3.07. The maximum absolute atomic E-state index is 12.9. The van der Waals surface area contributed by atoms with E-state index >= 15 is 0 Å². The number of amides is 1. The Bertz CT molecular complexity index is 757. The molecule has 0 aliphatic carbocycles. The average molecular weight is 324 g/mol. The number of para-hydroxylation sites is 2. The van der Waals surface area contributed by atoms with Crippen LogP contribution in [0, 0.1) is 6.92 Å². The molecule has 126 valence electrons. The first-order valence-corrected chi connectivity index (χ1v) is 8.26. The van der Waals surface area contributed by atoms with Crippen LogP contribution in [0.2, 0.25) is 0 Å². The van der Waals surface area contributed by atoms with Gasteiger partial charge in [0, 0.05) is 19.3 Å². The molecule has 1 aromatic heterocycles. The molecule has 3 rings (SSSR count). The molecule has 5 heteroatoms. The fraction of sp³-hybridized carbons (Fsp3) is 0.368. The number of benzene rings is 1. The maximum atomic E-state index is 12.9. The van der Waals surface area contributed by atoms with Crippen LogP contribution in [0.1, 0.15) is 22.5 Å². The van der Waals surface area contributed by atoms with Crippen molar-refractivity contribution in [3.8, 4) is 0 Å². The molecule has 0 N–H and O–H groups in total. The number of hydrogen-bond acceptors (Lipinski definition) is 4. The van der Waals surface area contributed by atoms with Crippen LogP contribution in [0.15, 0.2) is 36.4 Å². The molecule has 0 spiro atoms. The van der Waals surface area contributed by atoms with E-state index in [9.17, 15) is 4.79 Å². The lowest BCUT2D eigenvalue weighted by molar-refractivity contribution is 0.0994. The quantitative estimate of drug-likeness (QED) is 0.866. The van der Waals surface area contributed by atoms with Gasteiger partial charge in [-0.2, -0.15) is 0 Å². The van der Waals surface area contributed by atoms with Crippen molar-refractivity contribution in [2.24, 2.45) is 0 Å². The summed E-state index contributed by atoms with van der Waals surface area (Å²) in [6.07, 6.45) is 0.994. The highest BCUT2D eigenvalue weighted by Crippen LogP contribution is 2.39. The van der Waals surface area contributed by atoms with E-state index < -0.39 is 0 Å². The average Bonchev–Trinajstić information content (AvgIpc) is 2.64. The lowest BCUT2D eigenvalue weighted by Gasteiger charge is -2.26. The monoisotopic (exact) mass is 324 g/mol. The number of carbonyl (C=O) groups excluding carboxylic acids is 1. The van der Waals surface area contributed by atoms with Crippen molar-refractivity contribution in [3.05, 3.63) is 47.7 Å². The Morgan fingerprint density at radius 2 is 1.79 bits per heavy atom. The molecule has 5 nitrogen and oxygen atoms in total. The van der Waals surface area contributed by atoms with Crippen molar-refractivity contribution in [3.63, 3.8) is 0 Å². The number of nitrogens with zero attached hydrogens (tertiary/aromatic N) is 4. The second-order valence-electron chi connectivity index (χ2n) is 6.49. The molecule has 1 aromatic carbocycles. The van der Waals surface area contributed by atoms with Gasteiger partial charge in [-0.25, -0.2) is 4.98 Å². The minimum Gasteiger partial charge on any atom is -0.324 e. The van der Waals surface area contributed by atoms with Gasteiger partial charge in [0.25, 0.3) is 5.91 Å². The third-order valence-corrected chi connectivity index (χ3v) is 4.33. The first kappa shape index (κ1) is 16.5. The van der Waals surface area contributed by atoms with Crippen LogP contribution in [0.3, 0.4) is 0 Å². The topological polar surface area (TPSA) is 39.7 Å². The van der Waals surface area contributed by atoms with Gasteiger partial charge in [0.2, 0.25) is 0 Å². The first-order chi connectivity index (χ1) is 11.5. The number of carbonyl (C=O) groups is 1. The van der Waals surface area contributed by atoms with Crippen LogP contribution in [0.4, 0.5) is 17.2 Å². The zero-order valence-corrected chi connectivity index (χ0v) is 14.8. The summed E-state index contributed by atoms with van der Waals surface area (Å²) in [5.41, 5.74) is 3.53. The molecule has 0 bridgehead atoms. The Kier molecular flexibility index (Phi) is 4.53. The highest BCUT2D eigenvalue weighted by Gasteiger charge is 2.29. The van der Waals surface area contributed by atoms with E-state index in [4.69, 9.17) is 4.98 Å². The second kappa shape index (κ2) is 6.61. The van der Waals surface area contributed by atoms with Crippen LogP contribution >= 0.6 is 0 Å². The Labute approximate surface area is 143 Å². The van der Waals surface area contributed by atoms with Crippen molar-refractivity contribution < 1.29 is 4.79 Å². The van der Waals surface area contributed by atoms with Crippen LogP contribution in [-0.4, -0.2) is 50.0 Å². The highest BCUT2D eigenvalue weighted by molar-refractivity contribution is 6.13. The van der Waals surface area contributed by atoms with Crippen molar-refractivity contribution in [1.82, 2.24) is 9.88 Å². The number of aromatic nitrogens is 1. The molecule has 0 fully saturated rings. The Hall–Kier alpha value is -2.40. The first-order valence-electron chi connectivity index (χ1n) is 8.26. The molecule has 0 saturated carbocycles. The molecule has 2 heterocycles. The van der Waals surface area contributed by atoms with E-state index in [-0.39, 0.29) is 5.91 Å². The third-order valence-electron chi connectivity index (χ3n) is 4.33. The molecule has 1 amide bonds. The Morgan fingerprint density at radius 1 is 1.08 bits per heavy atom. The SMILES string of the molecule is Cc1ccc2c(n1)N(CCCN(C)C)c1ccccc1N(C)C2=O. The molecule has 1 aliphatic rings.